The van der Waals surface area contributed by atoms with Crippen molar-refractivity contribution >= 4 is 11.9 Å². The highest BCUT2D eigenvalue weighted by atomic mass is 16.6. The predicted molar refractivity (Wildman–Crippen MR) is 130 cm³/mol. The molecule has 0 saturated heterocycles. The first-order valence-electron chi connectivity index (χ1n) is 13.2. The van der Waals surface area contributed by atoms with E-state index in [4.69, 9.17) is 23.7 Å². The minimum Gasteiger partial charge on any atom is -0.463 e. The lowest BCUT2D eigenvalue weighted by atomic mass is 10.1. The highest BCUT2D eigenvalue weighted by Crippen LogP contribution is 2.10. The van der Waals surface area contributed by atoms with Crippen LogP contribution in [-0.2, 0) is 33.3 Å². The average Bonchev–Trinajstić information content (AvgIpc) is 2.81. The zero-order chi connectivity index (χ0) is 24.2. The Morgan fingerprint density at radius 1 is 0.424 bits per heavy atom. The monoisotopic (exact) mass is 474 g/mol. The average molecular weight is 475 g/mol. The van der Waals surface area contributed by atoms with Gasteiger partial charge in [0.05, 0.1) is 39.6 Å². The van der Waals surface area contributed by atoms with Gasteiger partial charge in [-0.1, -0.05) is 78.1 Å². The maximum atomic E-state index is 11.7. The van der Waals surface area contributed by atoms with Gasteiger partial charge in [0.1, 0.15) is 13.2 Å². The first-order chi connectivity index (χ1) is 16.2. The van der Waals surface area contributed by atoms with Gasteiger partial charge < -0.3 is 23.7 Å². The van der Waals surface area contributed by atoms with Crippen molar-refractivity contribution in [1.82, 2.24) is 0 Å². The van der Waals surface area contributed by atoms with E-state index in [0.717, 1.165) is 32.1 Å². The minimum absolute atomic E-state index is 0.137. The van der Waals surface area contributed by atoms with Crippen LogP contribution in [0.3, 0.4) is 0 Å². The van der Waals surface area contributed by atoms with Crippen LogP contribution in [0.25, 0.3) is 0 Å². The molecule has 0 fully saturated rings. The molecule has 0 aromatic heterocycles. The summed E-state index contributed by atoms with van der Waals surface area (Å²) >= 11 is 0. The molecule has 33 heavy (non-hydrogen) atoms. The Hall–Kier alpha value is -1.18. The van der Waals surface area contributed by atoms with Gasteiger partial charge in [0, 0.05) is 12.8 Å². The standard InChI is InChI=1S/C26H50O7/c1-3-5-7-8-9-10-11-12-14-16-26(28)33-24-22-31-20-18-29-17-19-30-21-23-32-25(27)15-13-6-4-2/h3-24H2,1-2H3. The van der Waals surface area contributed by atoms with Crippen molar-refractivity contribution in [2.24, 2.45) is 0 Å². The molecule has 0 spiro atoms. The van der Waals surface area contributed by atoms with Crippen LogP contribution in [0.5, 0.6) is 0 Å². The number of hydrogen-bond acceptors (Lipinski definition) is 7. The highest BCUT2D eigenvalue weighted by molar-refractivity contribution is 5.69. The van der Waals surface area contributed by atoms with Gasteiger partial charge in [0.25, 0.3) is 0 Å². The Balaban J connectivity index is 3.19. The van der Waals surface area contributed by atoms with Crippen molar-refractivity contribution in [2.75, 3.05) is 52.9 Å². The van der Waals surface area contributed by atoms with Crippen LogP contribution in [0.2, 0.25) is 0 Å². The quantitative estimate of drug-likeness (QED) is 0.119. The molecule has 0 rings (SSSR count). The topological polar surface area (TPSA) is 80.3 Å². The fourth-order valence-electron chi connectivity index (χ4n) is 3.21. The van der Waals surface area contributed by atoms with Crippen LogP contribution >= 0.6 is 0 Å². The maximum Gasteiger partial charge on any atom is 0.305 e. The molecule has 0 aromatic rings. The van der Waals surface area contributed by atoms with E-state index in [-0.39, 0.29) is 25.2 Å². The number of esters is 2. The fourth-order valence-corrected chi connectivity index (χ4v) is 3.21. The molecule has 0 saturated carbocycles. The summed E-state index contributed by atoms with van der Waals surface area (Å²) in [7, 11) is 0. The highest BCUT2D eigenvalue weighted by Gasteiger charge is 2.03. The zero-order valence-electron chi connectivity index (χ0n) is 21.4. The first-order valence-corrected chi connectivity index (χ1v) is 13.2. The van der Waals surface area contributed by atoms with Gasteiger partial charge in [-0.15, -0.1) is 0 Å². The van der Waals surface area contributed by atoms with Crippen LogP contribution in [0.1, 0.15) is 104 Å². The number of carbonyl (C=O) groups is 2. The predicted octanol–water partition coefficient (Wildman–Crippen LogP) is 5.62. The van der Waals surface area contributed by atoms with Crippen LogP contribution in [0.15, 0.2) is 0 Å². The van der Waals surface area contributed by atoms with E-state index in [0.29, 0.717) is 52.5 Å². The van der Waals surface area contributed by atoms with Gasteiger partial charge in [0.2, 0.25) is 0 Å². The molecule has 7 nitrogen and oxygen atoms in total. The Labute approximate surface area is 202 Å². The molecule has 196 valence electrons. The zero-order valence-corrected chi connectivity index (χ0v) is 21.4. The Morgan fingerprint density at radius 2 is 0.727 bits per heavy atom. The van der Waals surface area contributed by atoms with E-state index in [1.54, 1.807) is 0 Å². The molecule has 0 aliphatic heterocycles. The van der Waals surface area contributed by atoms with Gasteiger partial charge >= 0.3 is 11.9 Å². The minimum atomic E-state index is -0.158. The Kier molecular flexibility index (Phi) is 26.1. The van der Waals surface area contributed by atoms with Gasteiger partial charge in [-0.05, 0) is 12.8 Å². The molecule has 0 amide bonds. The fraction of sp³-hybridized carbons (Fsp3) is 0.923. The van der Waals surface area contributed by atoms with E-state index in [9.17, 15) is 9.59 Å². The summed E-state index contributed by atoms with van der Waals surface area (Å²) in [5, 5.41) is 0. The van der Waals surface area contributed by atoms with Crippen LogP contribution < -0.4 is 0 Å². The van der Waals surface area contributed by atoms with Crippen LogP contribution in [-0.4, -0.2) is 64.8 Å². The Bertz CT molecular complexity index is 429. The first kappa shape index (κ1) is 31.8. The lowest BCUT2D eigenvalue weighted by Gasteiger charge is -2.08. The molecule has 0 N–H and O–H groups in total. The molecular weight excluding hydrogens is 424 g/mol. The van der Waals surface area contributed by atoms with E-state index >= 15 is 0 Å². The summed E-state index contributed by atoms with van der Waals surface area (Å²) in [5.74, 6) is -0.295. The van der Waals surface area contributed by atoms with E-state index in [1.807, 2.05) is 0 Å². The number of carbonyl (C=O) groups excluding carboxylic acids is 2. The third-order valence-corrected chi connectivity index (χ3v) is 5.19. The summed E-state index contributed by atoms with van der Waals surface area (Å²) in [5.41, 5.74) is 0. The van der Waals surface area contributed by atoms with E-state index in [2.05, 4.69) is 13.8 Å². The van der Waals surface area contributed by atoms with Gasteiger partial charge in [-0.2, -0.15) is 0 Å². The third kappa shape index (κ3) is 26.9. The van der Waals surface area contributed by atoms with Crippen molar-refractivity contribution in [3.8, 4) is 0 Å². The lowest BCUT2D eigenvalue weighted by Crippen LogP contribution is -2.15. The Morgan fingerprint density at radius 3 is 1.15 bits per heavy atom. The SMILES string of the molecule is CCCCCCCCCCCC(=O)OCCOCCOCCOCCOC(=O)CCCCC. The summed E-state index contributed by atoms with van der Waals surface area (Å²) in [4.78, 5) is 23.1. The van der Waals surface area contributed by atoms with Crippen molar-refractivity contribution in [3.05, 3.63) is 0 Å². The van der Waals surface area contributed by atoms with Gasteiger partial charge in [-0.3, -0.25) is 9.59 Å². The van der Waals surface area contributed by atoms with E-state index < -0.39 is 0 Å². The number of ether oxygens (including phenoxy) is 5. The summed E-state index contributed by atoms with van der Waals surface area (Å²) in [6.45, 7) is 7.49. The second-order valence-corrected chi connectivity index (χ2v) is 8.31. The molecular formula is C26H50O7. The number of unbranched alkanes of at least 4 members (excludes halogenated alkanes) is 10. The van der Waals surface area contributed by atoms with Crippen molar-refractivity contribution in [2.45, 2.75) is 104 Å². The molecule has 0 aliphatic rings. The molecule has 0 radical (unpaired) electrons. The van der Waals surface area contributed by atoms with Crippen molar-refractivity contribution in [1.29, 1.82) is 0 Å². The van der Waals surface area contributed by atoms with Crippen molar-refractivity contribution < 1.29 is 33.3 Å². The second-order valence-electron chi connectivity index (χ2n) is 8.31. The molecule has 0 bridgehead atoms. The summed E-state index contributed by atoms with van der Waals surface area (Å²) in [6.07, 6.45) is 15.1. The maximum absolute atomic E-state index is 11.7. The normalized spacial score (nSPS) is 11.0. The van der Waals surface area contributed by atoms with Crippen LogP contribution in [0, 0.1) is 0 Å². The van der Waals surface area contributed by atoms with Gasteiger partial charge in [0.15, 0.2) is 0 Å². The molecule has 0 unspecified atom stereocenters. The molecule has 0 heterocycles. The molecule has 0 aliphatic carbocycles. The van der Waals surface area contributed by atoms with Crippen LogP contribution in [0.4, 0.5) is 0 Å². The molecule has 0 aromatic carbocycles. The second kappa shape index (κ2) is 27.1. The van der Waals surface area contributed by atoms with E-state index in [1.165, 1.54) is 44.9 Å². The number of rotatable bonds is 26. The lowest BCUT2D eigenvalue weighted by molar-refractivity contribution is -0.146. The molecule has 0 atom stereocenters. The summed E-state index contributed by atoms with van der Waals surface area (Å²) in [6, 6.07) is 0. The van der Waals surface area contributed by atoms with Gasteiger partial charge in [-0.25, -0.2) is 0 Å². The smallest absolute Gasteiger partial charge is 0.305 e. The third-order valence-electron chi connectivity index (χ3n) is 5.19. The molecule has 7 heteroatoms. The number of hydrogen-bond donors (Lipinski definition) is 0. The summed E-state index contributed by atoms with van der Waals surface area (Å²) < 4.78 is 26.4. The van der Waals surface area contributed by atoms with Crippen molar-refractivity contribution in [3.63, 3.8) is 0 Å². The largest absolute Gasteiger partial charge is 0.463 e.